The van der Waals surface area contributed by atoms with E-state index in [-0.39, 0.29) is 34.8 Å². The molecule has 0 saturated carbocycles. The normalized spacial score (nSPS) is 15.6. The van der Waals surface area contributed by atoms with E-state index in [4.69, 9.17) is 4.74 Å². The molecule has 0 aliphatic carbocycles. The van der Waals surface area contributed by atoms with Crippen LogP contribution in [-0.4, -0.2) is 40.1 Å². The zero-order chi connectivity index (χ0) is 19.1. The van der Waals surface area contributed by atoms with E-state index >= 15 is 0 Å². The number of nitro groups is 1. The van der Waals surface area contributed by atoms with Crippen molar-refractivity contribution in [2.24, 2.45) is 0 Å². The number of benzene rings is 1. The molecule has 2 rings (SSSR count). The van der Waals surface area contributed by atoms with Crippen LogP contribution in [-0.2, 0) is 14.3 Å². The van der Waals surface area contributed by atoms with E-state index < -0.39 is 10.8 Å². The van der Waals surface area contributed by atoms with E-state index in [1.807, 2.05) is 0 Å². The third-order valence-corrected chi connectivity index (χ3v) is 4.50. The second kappa shape index (κ2) is 9.14. The van der Waals surface area contributed by atoms with Crippen molar-refractivity contribution in [3.63, 3.8) is 0 Å². The molecule has 1 aromatic rings. The largest absolute Gasteiger partial charge is 0.466 e. The minimum Gasteiger partial charge on any atom is -0.466 e. The van der Waals surface area contributed by atoms with Gasteiger partial charge in [0.2, 0.25) is 0 Å². The molecule has 0 unspecified atom stereocenters. The van der Waals surface area contributed by atoms with Gasteiger partial charge in [0.25, 0.3) is 16.8 Å². The number of carbonyl (C=O) groups excluding carboxylic acids is 3. The van der Waals surface area contributed by atoms with Crippen LogP contribution in [0.15, 0.2) is 29.2 Å². The first-order chi connectivity index (χ1) is 12.4. The number of esters is 1. The van der Waals surface area contributed by atoms with Crippen molar-refractivity contribution in [2.75, 3.05) is 13.2 Å². The standard InChI is InChI=1S/C17H18N2O6S/c1-2-25-15(20)5-3-4-10-18-16(21)14(26-17(18)22)11-12-6-8-13(9-7-12)19(23)24/h6-9,11H,2-5,10H2,1H3/b14-11-. The lowest BCUT2D eigenvalue weighted by atomic mass is 10.2. The summed E-state index contributed by atoms with van der Waals surface area (Å²) in [5.74, 6) is -0.686. The highest BCUT2D eigenvalue weighted by Gasteiger charge is 2.34. The Morgan fingerprint density at radius 2 is 1.96 bits per heavy atom. The Morgan fingerprint density at radius 1 is 1.27 bits per heavy atom. The average Bonchev–Trinajstić information content (AvgIpc) is 2.86. The molecule has 1 aromatic carbocycles. The molecule has 1 saturated heterocycles. The van der Waals surface area contributed by atoms with Gasteiger partial charge in [-0.05, 0) is 55.3 Å². The van der Waals surface area contributed by atoms with Gasteiger partial charge in [-0.3, -0.25) is 29.4 Å². The molecular formula is C17H18N2O6S. The molecule has 138 valence electrons. The van der Waals surface area contributed by atoms with Crippen LogP contribution in [0.25, 0.3) is 6.08 Å². The van der Waals surface area contributed by atoms with E-state index in [9.17, 15) is 24.5 Å². The molecule has 0 aromatic heterocycles. The van der Waals surface area contributed by atoms with Crippen molar-refractivity contribution in [3.05, 3.63) is 44.8 Å². The molecule has 9 heteroatoms. The lowest BCUT2D eigenvalue weighted by Gasteiger charge is -2.11. The minimum absolute atomic E-state index is 0.0446. The number of thioether (sulfide) groups is 1. The lowest BCUT2D eigenvalue weighted by molar-refractivity contribution is -0.384. The maximum atomic E-state index is 12.3. The van der Waals surface area contributed by atoms with Crippen molar-refractivity contribution in [2.45, 2.75) is 26.2 Å². The van der Waals surface area contributed by atoms with Crippen LogP contribution >= 0.6 is 11.8 Å². The fraction of sp³-hybridized carbons (Fsp3) is 0.353. The summed E-state index contributed by atoms with van der Waals surface area (Å²) in [6.07, 6.45) is 2.83. The summed E-state index contributed by atoms with van der Waals surface area (Å²) in [4.78, 5) is 47.2. The predicted molar refractivity (Wildman–Crippen MR) is 96.3 cm³/mol. The van der Waals surface area contributed by atoms with E-state index in [1.54, 1.807) is 6.92 Å². The quantitative estimate of drug-likeness (QED) is 0.224. The Balaban J connectivity index is 1.93. The lowest BCUT2D eigenvalue weighted by Crippen LogP contribution is -2.29. The van der Waals surface area contributed by atoms with Crippen molar-refractivity contribution >= 4 is 40.6 Å². The summed E-state index contributed by atoms with van der Waals surface area (Å²) in [5, 5.41) is 10.3. The zero-order valence-corrected chi connectivity index (χ0v) is 15.0. The van der Waals surface area contributed by atoms with Crippen LogP contribution in [0.5, 0.6) is 0 Å². The zero-order valence-electron chi connectivity index (χ0n) is 14.2. The number of rotatable bonds is 8. The smallest absolute Gasteiger partial charge is 0.305 e. The molecule has 1 aliphatic rings. The van der Waals surface area contributed by atoms with Crippen LogP contribution in [0.1, 0.15) is 31.7 Å². The predicted octanol–water partition coefficient (Wildman–Crippen LogP) is 3.36. The fourth-order valence-electron chi connectivity index (χ4n) is 2.31. The topological polar surface area (TPSA) is 107 Å². The van der Waals surface area contributed by atoms with Crippen molar-refractivity contribution in [1.82, 2.24) is 4.90 Å². The monoisotopic (exact) mass is 378 g/mol. The van der Waals surface area contributed by atoms with Gasteiger partial charge in [-0.2, -0.15) is 0 Å². The van der Waals surface area contributed by atoms with E-state index in [1.165, 1.54) is 30.3 Å². The molecule has 2 amide bonds. The highest BCUT2D eigenvalue weighted by atomic mass is 32.2. The molecule has 0 spiro atoms. The number of hydrogen-bond donors (Lipinski definition) is 0. The molecule has 1 fully saturated rings. The number of imide groups is 1. The highest BCUT2D eigenvalue weighted by molar-refractivity contribution is 8.18. The van der Waals surface area contributed by atoms with Gasteiger partial charge in [0.1, 0.15) is 0 Å². The summed E-state index contributed by atoms with van der Waals surface area (Å²) < 4.78 is 4.82. The molecule has 0 N–H and O–H groups in total. The maximum Gasteiger partial charge on any atom is 0.305 e. The summed E-state index contributed by atoms with van der Waals surface area (Å²) in [6.45, 7) is 2.30. The Hall–Kier alpha value is -2.68. The van der Waals surface area contributed by atoms with Gasteiger partial charge in [0.15, 0.2) is 0 Å². The number of ether oxygens (including phenoxy) is 1. The second-order valence-corrected chi connectivity index (χ2v) is 6.44. The summed E-state index contributed by atoms with van der Waals surface area (Å²) in [6, 6.07) is 5.72. The molecule has 8 nitrogen and oxygen atoms in total. The maximum absolute atomic E-state index is 12.3. The fourth-order valence-corrected chi connectivity index (χ4v) is 3.17. The first kappa shape index (κ1) is 19.6. The Kier molecular flexibility index (Phi) is 6.90. The van der Waals surface area contributed by atoms with E-state index in [2.05, 4.69) is 0 Å². The van der Waals surface area contributed by atoms with Crippen molar-refractivity contribution in [1.29, 1.82) is 0 Å². The molecular weight excluding hydrogens is 360 g/mol. The summed E-state index contributed by atoms with van der Waals surface area (Å²) in [5.41, 5.74) is 0.556. The number of non-ortho nitro benzene ring substituents is 1. The number of unbranched alkanes of at least 4 members (excludes halogenated alkanes) is 1. The number of nitro benzene ring substituents is 1. The second-order valence-electron chi connectivity index (χ2n) is 5.44. The number of amides is 2. The van der Waals surface area contributed by atoms with Crippen LogP contribution in [0.3, 0.4) is 0 Å². The Bertz CT molecular complexity index is 744. The molecule has 0 bridgehead atoms. The first-order valence-corrected chi connectivity index (χ1v) is 8.89. The van der Waals surface area contributed by atoms with Crippen LogP contribution in [0.2, 0.25) is 0 Å². The molecule has 0 radical (unpaired) electrons. The third-order valence-electron chi connectivity index (χ3n) is 3.59. The van der Waals surface area contributed by atoms with Gasteiger partial charge in [0, 0.05) is 25.1 Å². The molecule has 1 aliphatic heterocycles. The highest BCUT2D eigenvalue weighted by Crippen LogP contribution is 2.32. The van der Waals surface area contributed by atoms with Gasteiger partial charge in [-0.15, -0.1) is 0 Å². The average molecular weight is 378 g/mol. The number of nitrogens with zero attached hydrogens (tertiary/aromatic N) is 2. The Labute approximate surface area is 154 Å². The number of carbonyl (C=O) groups is 3. The van der Waals surface area contributed by atoms with E-state index in [0.29, 0.717) is 25.0 Å². The van der Waals surface area contributed by atoms with Gasteiger partial charge in [-0.1, -0.05) is 0 Å². The minimum atomic E-state index is -0.506. The summed E-state index contributed by atoms with van der Waals surface area (Å²) >= 11 is 0.833. The molecule has 0 atom stereocenters. The van der Waals surface area contributed by atoms with Gasteiger partial charge < -0.3 is 4.74 Å². The van der Waals surface area contributed by atoms with Gasteiger partial charge >= 0.3 is 5.97 Å². The summed E-state index contributed by atoms with van der Waals surface area (Å²) in [7, 11) is 0. The van der Waals surface area contributed by atoms with Crippen LogP contribution < -0.4 is 0 Å². The Morgan fingerprint density at radius 3 is 2.58 bits per heavy atom. The molecule has 26 heavy (non-hydrogen) atoms. The third kappa shape index (κ3) is 5.16. The SMILES string of the molecule is CCOC(=O)CCCCN1C(=O)S/C(=C\c2ccc([N+](=O)[O-])cc2)C1=O. The van der Waals surface area contributed by atoms with Gasteiger partial charge in [-0.25, -0.2) is 0 Å². The van der Waals surface area contributed by atoms with Crippen LogP contribution in [0.4, 0.5) is 10.5 Å². The molecule has 1 heterocycles. The van der Waals surface area contributed by atoms with Crippen molar-refractivity contribution < 1.29 is 24.0 Å². The van der Waals surface area contributed by atoms with E-state index in [0.717, 1.165) is 16.7 Å². The van der Waals surface area contributed by atoms with Crippen molar-refractivity contribution in [3.8, 4) is 0 Å². The number of hydrogen-bond acceptors (Lipinski definition) is 7. The van der Waals surface area contributed by atoms with Gasteiger partial charge in [0.05, 0.1) is 16.4 Å². The first-order valence-electron chi connectivity index (χ1n) is 8.07. The van der Waals surface area contributed by atoms with Crippen LogP contribution in [0, 0.1) is 10.1 Å².